The van der Waals surface area contributed by atoms with E-state index in [0.717, 1.165) is 34.1 Å². The van der Waals surface area contributed by atoms with Crippen molar-refractivity contribution in [2.45, 2.75) is 12.5 Å². The summed E-state index contributed by atoms with van der Waals surface area (Å²) in [4.78, 5) is 36.8. The molecule has 1 aromatic carbocycles. The van der Waals surface area contributed by atoms with Gasteiger partial charge in [-0.1, -0.05) is 24.3 Å². The third kappa shape index (κ3) is 3.46. The van der Waals surface area contributed by atoms with Crippen LogP contribution in [0.3, 0.4) is 0 Å². The summed E-state index contributed by atoms with van der Waals surface area (Å²) in [6, 6.07) is 12.5. The summed E-state index contributed by atoms with van der Waals surface area (Å²) in [5.74, 6) is -0.560. The topological polar surface area (TPSA) is 87.7 Å². The molecule has 1 aliphatic rings. The van der Waals surface area contributed by atoms with Gasteiger partial charge in [0.25, 0.3) is 5.91 Å². The highest BCUT2D eigenvalue weighted by molar-refractivity contribution is 7.16. The number of fused-ring (bicyclic) bond motifs is 2. The molecule has 7 nitrogen and oxygen atoms in total. The van der Waals surface area contributed by atoms with E-state index in [1.807, 2.05) is 36.5 Å². The number of hydrogen-bond donors (Lipinski definition) is 1. The number of halogens is 1. The summed E-state index contributed by atoms with van der Waals surface area (Å²) in [5.41, 5.74) is 3.11. The van der Waals surface area contributed by atoms with Crippen LogP contribution in [0.5, 0.6) is 0 Å². The van der Waals surface area contributed by atoms with Crippen LogP contribution in [0, 0.1) is 5.82 Å². The van der Waals surface area contributed by atoms with Crippen LogP contribution < -0.4 is 0 Å². The molecule has 0 unspecified atom stereocenters. The highest BCUT2D eigenvalue weighted by Gasteiger charge is 2.36. The standard InChI is InChI=1S/C24H17FN6OS/c25-16-5-6-18(27-11-16)23-28-12-20(33-23)24(32)31-8-7-17-21(30-13-29-17)22(31)19-9-14-3-1-2-4-15(14)10-26-19/h1-6,9-13,22H,7-8H2,(H,29,30)/t22-/m0/s1. The van der Waals surface area contributed by atoms with Crippen LogP contribution in [0.25, 0.3) is 21.5 Å². The van der Waals surface area contributed by atoms with Crippen LogP contribution in [0.1, 0.15) is 32.8 Å². The molecule has 1 atom stereocenters. The van der Waals surface area contributed by atoms with Gasteiger partial charge in [-0.05, 0) is 23.6 Å². The monoisotopic (exact) mass is 456 g/mol. The molecule has 0 aliphatic carbocycles. The third-order valence-electron chi connectivity index (χ3n) is 5.78. The Balaban J connectivity index is 1.39. The Morgan fingerprint density at radius 1 is 1.03 bits per heavy atom. The van der Waals surface area contributed by atoms with Crippen molar-refractivity contribution < 1.29 is 9.18 Å². The van der Waals surface area contributed by atoms with E-state index in [1.54, 1.807) is 23.5 Å². The van der Waals surface area contributed by atoms with Gasteiger partial charge in [-0.3, -0.25) is 14.8 Å². The molecule has 1 amide bonds. The predicted molar refractivity (Wildman–Crippen MR) is 122 cm³/mol. The van der Waals surface area contributed by atoms with Gasteiger partial charge in [-0.25, -0.2) is 14.4 Å². The van der Waals surface area contributed by atoms with E-state index < -0.39 is 11.9 Å². The first kappa shape index (κ1) is 19.7. The number of rotatable bonds is 3. The number of nitrogens with zero attached hydrogens (tertiary/aromatic N) is 5. The number of carbonyl (C=O) groups excluding carboxylic acids is 1. The fraction of sp³-hybridized carbons (Fsp3) is 0.125. The Bertz CT molecular complexity index is 1480. The number of hydrogen-bond acceptors (Lipinski definition) is 6. The van der Waals surface area contributed by atoms with E-state index in [1.165, 1.54) is 17.4 Å². The number of H-pyrrole nitrogens is 1. The normalized spacial score (nSPS) is 15.5. The summed E-state index contributed by atoms with van der Waals surface area (Å²) < 4.78 is 13.2. The molecule has 4 aromatic heterocycles. The molecular weight excluding hydrogens is 439 g/mol. The molecule has 9 heteroatoms. The highest BCUT2D eigenvalue weighted by atomic mass is 32.1. The van der Waals surface area contributed by atoms with Crippen molar-refractivity contribution in [3.05, 3.63) is 95.2 Å². The van der Waals surface area contributed by atoms with Crippen LogP contribution >= 0.6 is 11.3 Å². The molecule has 5 aromatic rings. The third-order valence-corrected chi connectivity index (χ3v) is 6.79. The van der Waals surface area contributed by atoms with Crippen molar-refractivity contribution in [3.63, 3.8) is 0 Å². The average molecular weight is 457 g/mol. The van der Waals surface area contributed by atoms with Crippen LogP contribution in [0.2, 0.25) is 0 Å². The van der Waals surface area contributed by atoms with Crippen LogP contribution in [-0.2, 0) is 6.42 Å². The maximum Gasteiger partial charge on any atom is 0.266 e. The molecule has 0 bridgehead atoms. The minimum absolute atomic E-state index is 0.144. The fourth-order valence-electron chi connectivity index (χ4n) is 4.18. The van der Waals surface area contributed by atoms with Crippen molar-refractivity contribution in [3.8, 4) is 10.7 Å². The number of amides is 1. The number of pyridine rings is 2. The lowest BCUT2D eigenvalue weighted by Crippen LogP contribution is -2.40. The number of carbonyl (C=O) groups is 1. The molecule has 5 heterocycles. The fourth-order valence-corrected chi connectivity index (χ4v) is 5.03. The predicted octanol–water partition coefficient (Wildman–Crippen LogP) is 4.40. The van der Waals surface area contributed by atoms with Gasteiger partial charge in [0.1, 0.15) is 21.7 Å². The van der Waals surface area contributed by atoms with Gasteiger partial charge in [0.05, 0.1) is 35.8 Å². The van der Waals surface area contributed by atoms with Crippen molar-refractivity contribution in [2.75, 3.05) is 6.54 Å². The summed E-state index contributed by atoms with van der Waals surface area (Å²) in [7, 11) is 0. The number of imidazole rings is 1. The van der Waals surface area contributed by atoms with E-state index in [2.05, 4.69) is 19.9 Å². The smallest absolute Gasteiger partial charge is 0.266 e. The van der Waals surface area contributed by atoms with E-state index in [0.29, 0.717) is 28.5 Å². The molecular formula is C24H17FN6OS. The number of thiazole rings is 1. The van der Waals surface area contributed by atoms with Crippen molar-refractivity contribution in [2.24, 2.45) is 0 Å². The summed E-state index contributed by atoms with van der Waals surface area (Å²) in [6.07, 6.45) is 6.87. The largest absolute Gasteiger partial charge is 0.348 e. The van der Waals surface area contributed by atoms with Crippen molar-refractivity contribution >= 4 is 28.0 Å². The quantitative estimate of drug-likeness (QED) is 0.435. The molecule has 0 saturated carbocycles. The van der Waals surface area contributed by atoms with Gasteiger partial charge >= 0.3 is 0 Å². The molecule has 0 saturated heterocycles. The Hall–Kier alpha value is -3.98. The first-order chi connectivity index (χ1) is 16.2. The maximum atomic E-state index is 13.6. The molecule has 162 valence electrons. The first-order valence-electron chi connectivity index (χ1n) is 10.4. The lowest BCUT2D eigenvalue weighted by Gasteiger charge is -2.34. The van der Waals surface area contributed by atoms with E-state index in [4.69, 9.17) is 4.98 Å². The van der Waals surface area contributed by atoms with Gasteiger partial charge in [0.2, 0.25) is 0 Å². The minimum Gasteiger partial charge on any atom is -0.348 e. The van der Waals surface area contributed by atoms with E-state index in [9.17, 15) is 9.18 Å². The van der Waals surface area contributed by atoms with Gasteiger partial charge in [-0.2, -0.15) is 0 Å². The number of benzene rings is 1. The second kappa shape index (κ2) is 7.86. The van der Waals surface area contributed by atoms with E-state index >= 15 is 0 Å². The van der Waals surface area contributed by atoms with Gasteiger partial charge in [0, 0.05) is 30.2 Å². The zero-order chi connectivity index (χ0) is 22.4. The Morgan fingerprint density at radius 2 is 1.91 bits per heavy atom. The molecule has 0 fully saturated rings. The zero-order valence-corrected chi connectivity index (χ0v) is 18.1. The number of aromatic nitrogens is 5. The molecule has 33 heavy (non-hydrogen) atoms. The zero-order valence-electron chi connectivity index (χ0n) is 17.3. The molecule has 0 radical (unpaired) electrons. The first-order valence-corrected chi connectivity index (χ1v) is 11.2. The minimum atomic E-state index is -0.416. The van der Waals surface area contributed by atoms with E-state index in [-0.39, 0.29) is 5.91 Å². The molecule has 6 rings (SSSR count). The van der Waals surface area contributed by atoms with Crippen LogP contribution in [0.4, 0.5) is 4.39 Å². The number of aromatic amines is 1. The second-order valence-corrected chi connectivity index (χ2v) is 8.80. The number of nitrogens with one attached hydrogen (secondary N) is 1. The summed E-state index contributed by atoms with van der Waals surface area (Å²) in [6.45, 7) is 0.523. The maximum absolute atomic E-state index is 13.6. The van der Waals surface area contributed by atoms with Gasteiger partial charge < -0.3 is 9.88 Å². The molecule has 1 aliphatic heterocycles. The van der Waals surface area contributed by atoms with Gasteiger partial charge in [-0.15, -0.1) is 11.3 Å². The Labute approximate surface area is 192 Å². The highest BCUT2D eigenvalue weighted by Crippen LogP contribution is 2.35. The second-order valence-electron chi connectivity index (χ2n) is 7.77. The SMILES string of the molecule is O=C(c1cnc(-c2ccc(F)cn2)s1)N1CCc2[nH]cnc2[C@@H]1c1cc2ccccc2cn1. The summed E-state index contributed by atoms with van der Waals surface area (Å²) in [5, 5.41) is 2.66. The lowest BCUT2D eigenvalue weighted by atomic mass is 9.98. The van der Waals surface area contributed by atoms with Crippen molar-refractivity contribution in [1.82, 2.24) is 29.8 Å². The van der Waals surface area contributed by atoms with Crippen LogP contribution in [-0.4, -0.2) is 42.3 Å². The lowest BCUT2D eigenvalue weighted by molar-refractivity contribution is 0.0692. The van der Waals surface area contributed by atoms with Crippen molar-refractivity contribution in [1.29, 1.82) is 0 Å². The van der Waals surface area contributed by atoms with Crippen LogP contribution in [0.15, 0.2) is 67.4 Å². The van der Waals surface area contributed by atoms with Gasteiger partial charge in [0.15, 0.2) is 0 Å². The molecule has 1 N–H and O–H groups in total. The Kier molecular flexibility index (Phi) is 4.69. The average Bonchev–Trinajstić information content (AvgIpc) is 3.53. The summed E-state index contributed by atoms with van der Waals surface area (Å²) >= 11 is 1.24. The molecule has 0 spiro atoms. The Morgan fingerprint density at radius 3 is 2.76 bits per heavy atom.